The van der Waals surface area contributed by atoms with E-state index in [1.165, 1.54) is 12.3 Å². The molecule has 2 N–H and O–H groups in total. The van der Waals surface area contributed by atoms with Crippen LogP contribution < -0.4 is 5.32 Å². The smallest absolute Gasteiger partial charge is 0.288 e. The summed E-state index contributed by atoms with van der Waals surface area (Å²) in [6.45, 7) is 1.91. The third-order valence-electron chi connectivity index (χ3n) is 2.09. The number of aromatic nitrogens is 1. The van der Waals surface area contributed by atoms with Crippen molar-refractivity contribution in [1.82, 2.24) is 4.98 Å². The molecule has 1 rings (SSSR count). The van der Waals surface area contributed by atoms with Crippen LogP contribution in [-0.2, 0) is 0 Å². The Morgan fingerprint density at radius 3 is 2.88 bits per heavy atom. The zero-order chi connectivity index (χ0) is 12.1. The van der Waals surface area contributed by atoms with Crippen molar-refractivity contribution >= 4 is 27.4 Å². The molecule has 0 radical (unpaired) electrons. The van der Waals surface area contributed by atoms with Crippen molar-refractivity contribution in [1.29, 1.82) is 0 Å². The summed E-state index contributed by atoms with van der Waals surface area (Å²) in [6.07, 6.45) is 1.92. The molecule has 1 aromatic rings. The molecule has 6 nitrogen and oxygen atoms in total. The Bertz CT molecular complexity index is 382. The van der Waals surface area contributed by atoms with E-state index < -0.39 is 4.92 Å². The summed E-state index contributed by atoms with van der Waals surface area (Å²) < 4.78 is 0.508. The maximum absolute atomic E-state index is 10.5. The van der Waals surface area contributed by atoms with E-state index >= 15 is 0 Å². The fourth-order valence-electron chi connectivity index (χ4n) is 1.10. The molecule has 0 fully saturated rings. The third-order valence-corrected chi connectivity index (χ3v) is 2.70. The second-order valence-electron chi connectivity index (χ2n) is 3.21. The molecule has 0 amide bonds. The SMILES string of the molecule is CCC(CO)Nc1ncc([N+](=O)[O-])cc1Br. The van der Waals surface area contributed by atoms with Crippen LogP contribution in [0.15, 0.2) is 16.7 Å². The molecule has 0 aromatic carbocycles. The predicted molar refractivity (Wildman–Crippen MR) is 63.4 cm³/mol. The van der Waals surface area contributed by atoms with E-state index in [1.54, 1.807) is 0 Å². The average molecular weight is 290 g/mol. The molecule has 1 aromatic heterocycles. The number of pyridine rings is 1. The van der Waals surface area contributed by atoms with E-state index in [0.717, 1.165) is 6.42 Å². The largest absolute Gasteiger partial charge is 0.394 e. The van der Waals surface area contributed by atoms with E-state index in [9.17, 15) is 10.1 Å². The number of aliphatic hydroxyl groups excluding tert-OH is 1. The molecular weight excluding hydrogens is 278 g/mol. The Hall–Kier alpha value is -1.21. The first-order valence-corrected chi connectivity index (χ1v) is 5.55. The zero-order valence-electron chi connectivity index (χ0n) is 8.68. The lowest BCUT2D eigenvalue weighted by Crippen LogP contribution is -2.23. The van der Waals surface area contributed by atoms with Gasteiger partial charge in [-0.25, -0.2) is 4.98 Å². The van der Waals surface area contributed by atoms with Gasteiger partial charge in [-0.2, -0.15) is 0 Å². The highest BCUT2D eigenvalue weighted by Gasteiger charge is 2.12. The van der Waals surface area contributed by atoms with Crippen LogP contribution in [0.3, 0.4) is 0 Å². The van der Waals surface area contributed by atoms with Gasteiger partial charge in [0.1, 0.15) is 12.0 Å². The Morgan fingerprint density at radius 2 is 2.44 bits per heavy atom. The van der Waals surface area contributed by atoms with Crippen molar-refractivity contribution < 1.29 is 10.0 Å². The maximum Gasteiger partial charge on any atom is 0.288 e. The second kappa shape index (κ2) is 5.76. The predicted octanol–water partition coefficient (Wildman–Crippen LogP) is 1.94. The number of nitro groups is 1. The van der Waals surface area contributed by atoms with Crippen LogP contribution in [0.5, 0.6) is 0 Å². The van der Waals surface area contributed by atoms with Gasteiger partial charge in [-0.15, -0.1) is 0 Å². The first-order chi connectivity index (χ1) is 7.58. The fraction of sp³-hybridized carbons (Fsp3) is 0.444. The monoisotopic (exact) mass is 289 g/mol. The highest BCUT2D eigenvalue weighted by atomic mass is 79.9. The van der Waals surface area contributed by atoms with Crippen molar-refractivity contribution in [3.05, 3.63) is 26.9 Å². The normalized spacial score (nSPS) is 12.2. The van der Waals surface area contributed by atoms with Crippen LogP contribution >= 0.6 is 15.9 Å². The molecule has 0 spiro atoms. The van der Waals surface area contributed by atoms with Crippen molar-refractivity contribution in [3.8, 4) is 0 Å². The van der Waals surface area contributed by atoms with E-state index in [-0.39, 0.29) is 18.3 Å². The Labute approximate surface area is 101 Å². The molecule has 0 saturated carbocycles. The number of nitrogens with zero attached hydrogens (tertiary/aromatic N) is 2. The first-order valence-electron chi connectivity index (χ1n) is 4.75. The molecule has 0 saturated heterocycles. The summed E-state index contributed by atoms with van der Waals surface area (Å²) >= 11 is 3.19. The Balaban J connectivity index is 2.86. The molecule has 1 unspecified atom stereocenters. The summed E-state index contributed by atoms with van der Waals surface area (Å²) in [6, 6.07) is 1.27. The van der Waals surface area contributed by atoms with E-state index in [2.05, 4.69) is 26.2 Å². The maximum atomic E-state index is 10.5. The molecule has 1 heterocycles. The average Bonchev–Trinajstić information content (AvgIpc) is 2.27. The van der Waals surface area contributed by atoms with Gasteiger partial charge in [0.05, 0.1) is 22.0 Å². The third kappa shape index (κ3) is 3.14. The quantitative estimate of drug-likeness (QED) is 0.639. The van der Waals surface area contributed by atoms with Crippen molar-refractivity contribution in [2.75, 3.05) is 11.9 Å². The first kappa shape index (κ1) is 12.9. The minimum atomic E-state index is -0.509. The molecule has 88 valence electrons. The topological polar surface area (TPSA) is 88.3 Å². The number of rotatable bonds is 5. The van der Waals surface area contributed by atoms with Gasteiger partial charge in [0.25, 0.3) is 5.69 Å². The Kier molecular flexibility index (Phi) is 4.63. The van der Waals surface area contributed by atoms with Gasteiger partial charge in [-0.1, -0.05) is 6.92 Å². The van der Waals surface area contributed by atoms with Gasteiger partial charge < -0.3 is 10.4 Å². The molecule has 0 aliphatic rings. The standard InChI is InChI=1S/C9H12BrN3O3/c1-2-6(5-14)12-9-8(10)3-7(4-11-9)13(15)16/h3-4,6,14H,2,5H2,1H3,(H,11,12). The number of halogens is 1. The van der Waals surface area contributed by atoms with E-state index in [0.29, 0.717) is 10.3 Å². The van der Waals surface area contributed by atoms with Crippen molar-refractivity contribution in [2.45, 2.75) is 19.4 Å². The molecule has 16 heavy (non-hydrogen) atoms. The van der Waals surface area contributed by atoms with Crippen LogP contribution in [0.4, 0.5) is 11.5 Å². The van der Waals surface area contributed by atoms with E-state index in [1.807, 2.05) is 6.92 Å². The highest BCUT2D eigenvalue weighted by Crippen LogP contribution is 2.25. The van der Waals surface area contributed by atoms with Crippen molar-refractivity contribution in [3.63, 3.8) is 0 Å². The second-order valence-corrected chi connectivity index (χ2v) is 4.07. The summed E-state index contributed by atoms with van der Waals surface area (Å²) in [5.41, 5.74) is -0.0746. The summed E-state index contributed by atoms with van der Waals surface area (Å²) in [7, 11) is 0. The van der Waals surface area contributed by atoms with Crippen LogP contribution in [0.25, 0.3) is 0 Å². The van der Waals surface area contributed by atoms with Gasteiger partial charge >= 0.3 is 0 Å². The van der Waals surface area contributed by atoms with Gasteiger partial charge in [0.2, 0.25) is 0 Å². The number of anilines is 1. The highest BCUT2D eigenvalue weighted by molar-refractivity contribution is 9.10. The van der Waals surface area contributed by atoms with Crippen LogP contribution in [0.1, 0.15) is 13.3 Å². The molecule has 0 aliphatic carbocycles. The van der Waals surface area contributed by atoms with Crippen LogP contribution in [-0.4, -0.2) is 27.7 Å². The van der Waals surface area contributed by atoms with Gasteiger partial charge in [-0.05, 0) is 22.4 Å². The van der Waals surface area contributed by atoms with Crippen molar-refractivity contribution in [2.24, 2.45) is 0 Å². The number of nitrogens with one attached hydrogen (secondary N) is 1. The van der Waals surface area contributed by atoms with Gasteiger partial charge in [0, 0.05) is 6.07 Å². The van der Waals surface area contributed by atoms with Gasteiger partial charge in [0.15, 0.2) is 0 Å². The van der Waals surface area contributed by atoms with E-state index in [4.69, 9.17) is 5.11 Å². The lowest BCUT2D eigenvalue weighted by atomic mass is 10.2. The number of aliphatic hydroxyl groups is 1. The molecule has 0 bridgehead atoms. The number of hydrogen-bond donors (Lipinski definition) is 2. The lowest BCUT2D eigenvalue weighted by Gasteiger charge is -2.15. The minimum absolute atomic E-state index is 0.0123. The summed E-state index contributed by atoms with van der Waals surface area (Å²) in [5, 5.41) is 22.5. The lowest BCUT2D eigenvalue weighted by molar-refractivity contribution is -0.385. The molecule has 1 atom stereocenters. The molecular formula is C9H12BrN3O3. The number of hydrogen-bond acceptors (Lipinski definition) is 5. The molecule has 7 heteroatoms. The Morgan fingerprint density at radius 1 is 1.75 bits per heavy atom. The minimum Gasteiger partial charge on any atom is -0.394 e. The summed E-state index contributed by atoms with van der Waals surface area (Å²) in [4.78, 5) is 13.9. The van der Waals surface area contributed by atoms with Crippen LogP contribution in [0.2, 0.25) is 0 Å². The van der Waals surface area contributed by atoms with Gasteiger partial charge in [-0.3, -0.25) is 10.1 Å². The summed E-state index contributed by atoms with van der Waals surface area (Å²) in [5.74, 6) is 0.492. The zero-order valence-corrected chi connectivity index (χ0v) is 10.3. The van der Waals surface area contributed by atoms with Crippen LogP contribution in [0, 0.1) is 10.1 Å². The fourth-order valence-corrected chi connectivity index (χ4v) is 1.56. The molecule has 0 aliphatic heterocycles.